The molecule has 0 aliphatic heterocycles. The number of rotatable bonds is 3. The second-order valence-electron chi connectivity index (χ2n) is 6.10. The van der Waals surface area contributed by atoms with E-state index < -0.39 is 0 Å². The van der Waals surface area contributed by atoms with Crippen molar-refractivity contribution in [2.24, 2.45) is 5.92 Å². The molecule has 2 N–H and O–H groups in total. The average molecular weight is 301 g/mol. The topological polar surface area (TPSA) is 96.9 Å². The Morgan fingerprint density at radius 3 is 2.14 bits per heavy atom. The summed E-state index contributed by atoms with van der Waals surface area (Å²) in [5.74, 6) is 1.05. The highest BCUT2D eigenvalue weighted by Crippen LogP contribution is 2.54. The highest BCUT2D eigenvalue weighted by atomic mass is 16.2. The predicted octanol–water partition coefficient (Wildman–Crippen LogP) is 1.79. The summed E-state index contributed by atoms with van der Waals surface area (Å²) in [7, 11) is 0. The highest BCUT2D eigenvalue weighted by molar-refractivity contribution is 5.88. The first-order chi connectivity index (χ1) is 10.4. The molecule has 2 atom stereocenters. The molecule has 7 heteroatoms. The first-order valence-corrected chi connectivity index (χ1v) is 7.40. The molecule has 2 amide bonds. The summed E-state index contributed by atoms with van der Waals surface area (Å²) in [4.78, 5) is 35.5. The van der Waals surface area contributed by atoms with Crippen molar-refractivity contribution in [1.82, 2.24) is 15.0 Å². The molecular weight excluding hydrogens is 282 g/mol. The van der Waals surface area contributed by atoms with Crippen LogP contribution in [0.15, 0.2) is 11.6 Å². The predicted molar refractivity (Wildman–Crippen MR) is 81.2 cm³/mol. The zero-order chi connectivity index (χ0) is 15.9. The Morgan fingerprint density at radius 2 is 1.73 bits per heavy atom. The molecule has 2 aliphatic carbocycles. The molecule has 116 valence electrons. The van der Waals surface area contributed by atoms with Gasteiger partial charge in [-0.05, 0) is 32.1 Å². The molecule has 0 radical (unpaired) electrons. The lowest BCUT2D eigenvalue weighted by molar-refractivity contribution is -0.115. The van der Waals surface area contributed by atoms with E-state index in [4.69, 9.17) is 0 Å². The summed E-state index contributed by atoms with van der Waals surface area (Å²) in [5, 5.41) is 5.16. The molecule has 22 heavy (non-hydrogen) atoms. The summed E-state index contributed by atoms with van der Waals surface area (Å²) >= 11 is 0. The Hall–Kier alpha value is -2.31. The van der Waals surface area contributed by atoms with Gasteiger partial charge in [-0.1, -0.05) is 11.6 Å². The summed E-state index contributed by atoms with van der Waals surface area (Å²) in [5.41, 5.74) is 1.08. The van der Waals surface area contributed by atoms with Crippen molar-refractivity contribution in [3.63, 3.8) is 0 Å². The third-order valence-corrected chi connectivity index (χ3v) is 4.43. The number of amides is 2. The summed E-state index contributed by atoms with van der Waals surface area (Å²) < 4.78 is 0. The maximum Gasteiger partial charge on any atom is 0.234 e. The minimum Gasteiger partial charge on any atom is -0.295 e. The van der Waals surface area contributed by atoms with Gasteiger partial charge in [0.15, 0.2) is 0 Å². The number of allylic oxidation sites excluding steroid dienone is 2. The SMILES string of the molecule is CC(=O)Nc1nc(NC(C)=O)nc(C23CCC(C=C2C)C3)n1. The zero-order valence-electron chi connectivity index (χ0n) is 12.9. The smallest absolute Gasteiger partial charge is 0.234 e. The average Bonchev–Trinajstić information content (AvgIpc) is 2.94. The molecule has 2 unspecified atom stereocenters. The number of carbonyl (C=O) groups excluding carboxylic acids is 2. The van der Waals surface area contributed by atoms with E-state index in [9.17, 15) is 9.59 Å². The Morgan fingerprint density at radius 1 is 1.14 bits per heavy atom. The first kappa shape index (κ1) is 14.6. The number of nitrogens with zero attached hydrogens (tertiary/aromatic N) is 3. The van der Waals surface area contributed by atoms with Crippen molar-refractivity contribution in [2.45, 2.75) is 45.4 Å². The molecule has 0 spiro atoms. The van der Waals surface area contributed by atoms with Gasteiger partial charge in [0.05, 0.1) is 5.41 Å². The zero-order valence-corrected chi connectivity index (χ0v) is 12.9. The van der Waals surface area contributed by atoms with Gasteiger partial charge in [0.1, 0.15) is 5.82 Å². The van der Waals surface area contributed by atoms with Crippen molar-refractivity contribution in [3.8, 4) is 0 Å². The fourth-order valence-corrected chi connectivity index (χ4v) is 3.49. The van der Waals surface area contributed by atoms with Crippen LogP contribution < -0.4 is 10.6 Å². The monoisotopic (exact) mass is 301 g/mol. The fourth-order valence-electron chi connectivity index (χ4n) is 3.49. The van der Waals surface area contributed by atoms with Gasteiger partial charge in [0.2, 0.25) is 23.7 Å². The van der Waals surface area contributed by atoms with Gasteiger partial charge in [-0.25, -0.2) is 0 Å². The quantitative estimate of drug-likeness (QED) is 0.830. The molecule has 7 nitrogen and oxygen atoms in total. The van der Waals surface area contributed by atoms with Gasteiger partial charge >= 0.3 is 0 Å². The number of hydrogen-bond acceptors (Lipinski definition) is 5. The number of fused-ring (bicyclic) bond motifs is 2. The Kier molecular flexibility index (Phi) is 3.42. The van der Waals surface area contributed by atoms with Crippen molar-refractivity contribution in [3.05, 3.63) is 17.5 Å². The van der Waals surface area contributed by atoms with Crippen LogP contribution in [0.25, 0.3) is 0 Å². The van der Waals surface area contributed by atoms with E-state index in [1.54, 1.807) is 0 Å². The molecule has 2 bridgehead atoms. The van der Waals surface area contributed by atoms with Gasteiger partial charge < -0.3 is 0 Å². The van der Waals surface area contributed by atoms with Crippen molar-refractivity contribution < 1.29 is 9.59 Å². The van der Waals surface area contributed by atoms with Gasteiger partial charge in [0, 0.05) is 13.8 Å². The van der Waals surface area contributed by atoms with Crippen LogP contribution in [0.5, 0.6) is 0 Å². The minimum atomic E-state index is -0.258. The molecule has 2 aliphatic rings. The van der Waals surface area contributed by atoms with E-state index >= 15 is 0 Å². The van der Waals surface area contributed by atoms with Gasteiger partial charge in [-0.2, -0.15) is 15.0 Å². The molecule has 1 heterocycles. The van der Waals surface area contributed by atoms with E-state index in [0.717, 1.165) is 19.3 Å². The molecule has 1 saturated carbocycles. The highest BCUT2D eigenvalue weighted by Gasteiger charge is 2.48. The van der Waals surface area contributed by atoms with E-state index in [1.165, 1.54) is 19.4 Å². The van der Waals surface area contributed by atoms with Gasteiger partial charge in [0.25, 0.3) is 0 Å². The van der Waals surface area contributed by atoms with Gasteiger partial charge in [-0.3, -0.25) is 20.2 Å². The van der Waals surface area contributed by atoms with Crippen LogP contribution >= 0.6 is 0 Å². The van der Waals surface area contributed by atoms with Gasteiger partial charge in [-0.15, -0.1) is 0 Å². The summed E-state index contributed by atoms with van der Waals surface area (Å²) in [6, 6.07) is 0. The Bertz CT molecular complexity index is 650. The second-order valence-corrected chi connectivity index (χ2v) is 6.10. The molecule has 1 aromatic heterocycles. The summed E-state index contributed by atoms with van der Waals surface area (Å²) in [6.45, 7) is 4.89. The van der Waals surface area contributed by atoms with Crippen LogP contribution in [0.3, 0.4) is 0 Å². The number of hydrogen-bond donors (Lipinski definition) is 2. The second kappa shape index (κ2) is 5.15. The summed E-state index contributed by atoms with van der Waals surface area (Å²) in [6.07, 6.45) is 5.38. The number of nitrogens with one attached hydrogen (secondary N) is 2. The Labute approximate surface area is 128 Å². The normalized spacial score (nSPS) is 25.8. The van der Waals surface area contributed by atoms with Crippen LogP contribution in [-0.4, -0.2) is 26.8 Å². The van der Waals surface area contributed by atoms with E-state index in [-0.39, 0.29) is 29.1 Å². The van der Waals surface area contributed by atoms with E-state index in [2.05, 4.69) is 38.6 Å². The molecule has 0 saturated heterocycles. The number of aromatic nitrogens is 3. The third-order valence-electron chi connectivity index (χ3n) is 4.43. The minimum absolute atomic E-state index is 0.179. The Balaban J connectivity index is 2.04. The molecular formula is C15H19N5O2. The van der Waals surface area contributed by atoms with Crippen LogP contribution in [0, 0.1) is 5.92 Å². The molecule has 3 rings (SSSR count). The number of carbonyl (C=O) groups is 2. The van der Waals surface area contributed by atoms with E-state index in [1.807, 2.05) is 0 Å². The fraction of sp³-hybridized carbons (Fsp3) is 0.533. The van der Waals surface area contributed by atoms with Crippen LogP contribution in [-0.2, 0) is 15.0 Å². The first-order valence-electron chi connectivity index (χ1n) is 7.40. The standard InChI is InChI=1S/C15H19N5O2/c1-8-6-11-4-5-15(8,7-11)12-18-13(16-9(2)21)20-14(19-12)17-10(3)22/h6,11H,4-5,7H2,1-3H3,(H2,16,17,18,19,20,21,22). The van der Waals surface area contributed by atoms with Crippen molar-refractivity contribution in [1.29, 1.82) is 0 Å². The van der Waals surface area contributed by atoms with Crippen LogP contribution in [0.4, 0.5) is 11.9 Å². The van der Waals surface area contributed by atoms with Crippen molar-refractivity contribution in [2.75, 3.05) is 10.6 Å². The maximum atomic E-state index is 11.3. The third kappa shape index (κ3) is 2.47. The molecule has 0 aromatic carbocycles. The van der Waals surface area contributed by atoms with Crippen LogP contribution in [0.1, 0.15) is 45.9 Å². The lowest BCUT2D eigenvalue weighted by atomic mass is 9.80. The number of anilines is 2. The van der Waals surface area contributed by atoms with Crippen LogP contribution in [0.2, 0.25) is 0 Å². The lowest BCUT2D eigenvalue weighted by Crippen LogP contribution is -2.27. The maximum absolute atomic E-state index is 11.3. The lowest BCUT2D eigenvalue weighted by Gasteiger charge is -2.27. The van der Waals surface area contributed by atoms with Crippen molar-refractivity contribution >= 4 is 23.7 Å². The largest absolute Gasteiger partial charge is 0.295 e. The molecule has 1 aromatic rings. The molecule has 1 fully saturated rings. The van der Waals surface area contributed by atoms with E-state index in [0.29, 0.717) is 11.7 Å².